The lowest BCUT2D eigenvalue weighted by Gasteiger charge is -2.01. The summed E-state index contributed by atoms with van der Waals surface area (Å²) in [6.07, 6.45) is 4.07. The van der Waals surface area contributed by atoms with Gasteiger partial charge in [-0.3, -0.25) is 4.79 Å². The van der Waals surface area contributed by atoms with Crippen molar-refractivity contribution in [2.45, 2.75) is 33.1 Å². The fraction of sp³-hybridized carbons (Fsp3) is 0.294. The number of rotatable bonds is 5. The molecule has 2 aromatic heterocycles. The molecule has 0 saturated carbocycles. The van der Waals surface area contributed by atoms with Gasteiger partial charge in [0.25, 0.3) is 0 Å². The molecular weight excluding hydrogens is 294 g/mol. The number of anilines is 1. The lowest BCUT2D eigenvalue weighted by atomic mass is 10.1. The van der Waals surface area contributed by atoms with Crippen molar-refractivity contribution in [2.24, 2.45) is 0 Å². The lowest BCUT2D eigenvalue weighted by molar-refractivity contribution is -0.116. The summed E-state index contributed by atoms with van der Waals surface area (Å²) in [6.45, 7) is 4.11. The number of para-hydroxylation sites is 1. The van der Waals surface area contributed by atoms with E-state index in [1.54, 1.807) is 11.3 Å². The molecule has 0 aliphatic rings. The topological polar surface area (TPSA) is 57.8 Å². The second kappa shape index (κ2) is 6.32. The maximum atomic E-state index is 12.1. The van der Waals surface area contributed by atoms with E-state index in [9.17, 15) is 4.79 Å². The van der Waals surface area contributed by atoms with Gasteiger partial charge in [-0.1, -0.05) is 25.1 Å². The van der Waals surface area contributed by atoms with E-state index in [-0.39, 0.29) is 5.91 Å². The van der Waals surface area contributed by atoms with Crippen molar-refractivity contribution in [3.8, 4) is 0 Å². The number of nitrogens with one attached hydrogen (secondary N) is 2. The number of aromatic nitrogens is 2. The molecule has 2 heterocycles. The summed E-state index contributed by atoms with van der Waals surface area (Å²) in [5, 5.41) is 4.80. The van der Waals surface area contributed by atoms with Crippen LogP contribution in [0.4, 0.5) is 5.13 Å². The lowest BCUT2D eigenvalue weighted by Crippen LogP contribution is -2.12. The summed E-state index contributed by atoms with van der Waals surface area (Å²) in [7, 11) is 0. The van der Waals surface area contributed by atoms with Crippen LogP contribution in [0, 0.1) is 6.92 Å². The Kier molecular flexibility index (Phi) is 4.24. The molecule has 114 valence electrons. The van der Waals surface area contributed by atoms with Crippen LogP contribution in [0.15, 0.2) is 30.5 Å². The van der Waals surface area contributed by atoms with E-state index in [2.05, 4.69) is 28.3 Å². The van der Waals surface area contributed by atoms with Crippen molar-refractivity contribution in [3.05, 3.63) is 46.6 Å². The predicted octanol–water partition coefficient (Wildman–Crippen LogP) is 4.07. The Morgan fingerprint density at radius 2 is 2.18 bits per heavy atom. The van der Waals surface area contributed by atoms with Crippen LogP contribution in [0.3, 0.4) is 0 Å². The average molecular weight is 313 g/mol. The number of hydrogen-bond donors (Lipinski definition) is 2. The molecule has 0 saturated heterocycles. The largest absolute Gasteiger partial charge is 0.361 e. The molecule has 0 bridgehead atoms. The minimum absolute atomic E-state index is 0.0154. The van der Waals surface area contributed by atoms with Crippen LogP contribution in [-0.4, -0.2) is 15.9 Å². The van der Waals surface area contributed by atoms with Gasteiger partial charge in [0.2, 0.25) is 5.91 Å². The summed E-state index contributed by atoms with van der Waals surface area (Å²) in [5.41, 5.74) is 3.35. The molecule has 3 rings (SSSR count). The molecule has 1 amide bonds. The van der Waals surface area contributed by atoms with Crippen molar-refractivity contribution in [1.82, 2.24) is 9.97 Å². The Hall–Kier alpha value is -2.14. The van der Waals surface area contributed by atoms with E-state index in [1.165, 1.54) is 15.8 Å². The highest BCUT2D eigenvalue weighted by molar-refractivity contribution is 7.15. The first-order valence-corrected chi connectivity index (χ1v) is 8.30. The second-order valence-electron chi connectivity index (χ2n) is 5.28. The number of amides is 1. The third-order valence-corrected chi connectivity index (χ3v) is 4.70. The van der Waals surface area contributed by atoms with Crippen molar-refractivity contribution in [2.75, 3.05) is 5.32 Å². The third-order valence-electron chi connectivity index (χ3n) is 3.77. The Balaban J connectivity index is 1.62. The highest BCUT2D eigenvalue weighted by Crippen LogP contribution is 2.23. The van der Waals surface area contributed by atoms with Gasteiger partial charge in [0.05, 0.1) is 5.69 Å². The number of benzene rings is 1. The number of carbonyl (C=O) groups excluding carboxylic acids is 1. The first kappa shape index (κ1) is 14.8. The quantitative estimate of drug-likeness (QED) is 0.746. The molecule has 3 aromatic rings. The van der Waals surface area contributed by atoms with Crippen molar-refractivity contribution >= 4 is 33.3 Å². The third kappa shape index (κ3) is 3.04. The summed E-state index contributed by atoms with van der Waals surface area (Å²) in [5.74, 6) is 0.0154. The van der Waals surface area contributed by atoms with Gasteiger partial charge in [-0.25, -0.2) is 4.98 Å². The molecule has 0 aliphatic heterocycles. The van der Waals surface area contributed by atoms with E-state index < -0.39 is 0 Å². The number of aryl methyl sites for hydroxylation is 3. The number of thiazole rings is 1. The van der Waals surface area contributed by atoms with Crippen molar-refractivity contribution in [1.29, 1.82) is 0 Å². The summed E-state index contributed by atoms with van der Waals surface area (Å²) in [4.78, 5) is 21.0. The molecule has 0 radical (unpaired) electrons. The Labute approximate surface area is 133 Å². The van der Waals surface area contributed by atoms with Gasteiger partial charge in [-0.15, -0.1) is 11.3 Å². The summed E-state index contributed by atoms with van der Waals surface area (Å²) >= 11 is 1.54. The first-order valence-electron chi connectivity index (χ1n) is 7.48. The van der Waals surface area contributed by atoms with Crippen molar-refractivity contribution in [3.63, 3.8) is 0 Å². The van der Waals surface area contributed by atoms with Gasteiger partial charge in [-0.2, -0.15) is 0 Å². The number of fused-ring (bicyclic) bond motifs is 1. The number of carbonyl (C=O) groups is 1. The smallest absolute Gasteiger partial charge is 0.226 e. The van der Waals surface area contributed by atoms with Gasteiger partial charge in [-0.05, 0) is 31.4 Å². The fourth-order valence-corrected chi connectivity index (χ4v) is 3.50. The SMILES string of the molecule is CCc1nc(NC(=O)CCc2c[nH]c3ccccc23)sc1C. The van der Waals surface area contributed by atoms with Gasteiger partial charge in [0.15, 0.2) is 5.13 Å². The molecule has 0 spiro atoms. The number of hydrogen-bond acceptors (Lipinski definition) is 3. The molecule has 0 unspecified atom stereocenters. The van der Waals surface area contributed by atoms with E-state index in [1.807, 2.05) is 31.3 Å². The monoisotopic (exact) mass is 313 g/mol. The number of nitrogens with zero attached hydrogens (tertiary/aromatic N) is 1. The van der Waals surface area contributed by atoms with Crippen LogP contribution in [-0.2, 0) is 17.6 Å². The summed E-state index contributed by atoms with van der Waals surface area (Å²) < 4.78 is 0. The zero-order chi connectivity index (χ0) is 15.5. The van der Waals surface area contributed by atoms with E-state index in [0.29, 0.717) is 11.6 Å². The zero-order valence-electron chi connectivity index (χ0n) is 12.8. The predicted molar refractivity (Wildman–Crippen MR) is 91.5 cm³/mol. The first-order chi connectivity index (χ1) is 10.7. The maximum absolute atomic E-state index is 12.1. The van der Waals surface area contributed by atoms with Crippen LogP contribution >= 0.6 is 11.3 Å². The standard InChI is InChI=1S/C17H19N3OS/c1-3-14-11(2)22-17(19-14)20-16(21)9-8-12-10-18-15-7-5-4-6-13(12)15/h4-7,10,18H,3,8-9H2,1-2H3,(H,19,20,21). The molecule has 0 fully saturated rings. The van der Waals surface area contributed by atoms with Gasteiger partial charge >= 0.3 is 0 Å². The molecular formula is C17H19N3OS. The molecule has 0 atom stereocenters. The number of H-pyrrole nitrogens is 1. The van der Waals surface area contributed by atoms with E-state index >= 15 is 0 Å². The molecule has 22 heavy (non-hydrogen) atoms. The summed E-state index contributed by atoms with van der Waals surface area (Å²) in [6, 6.07) is 8.15. The molecule has 0 aliphatic carbocycles. The Morgan fingerprint density at radius 1 is 1.36 bits per heavy atom. The van der Waals surface area contributed by atoms with Gasteiger partial charge in [0, 0.05) is 28.4 Å². The van der Waals surface area contributed by atoms with Gasteiger partial charge < -0.3 is 10.3 Å². The Morgan fingerprint density at radius 3 is 2.95 bits per heavy atom. The second-order valence-corrected chi connectivity index (χ2v) is 6.49. The molecule has 1 aromatic carbocycles. The van der Waals surface area contributed by atoms with Crippen LogP contribution in [0.25, 0.3) is 10.9 Å². The highest BCUT2D eigenvalue weighted by atomic mass is 32.1. The molecule has 4 nitrogen and oxygen atoms in total. The van der Waals surface area contributed by atoms with E-state index in [4.69, 9.17) is 0 Å². The fourth-order valence-electron chi connectivity index (χ4n) is 2.58. The van der Waals surface area contributed by atoms with Crippen LogP contribution in [0.1, 0.15) is 29.5 Å². The number of aromatic amines is 1. The minimum Gasteiger partial charge on any atom is -0.361 e. The van der Waals surface area contributed by atoms with Crippen LogP contribution < -0.4 is 5.32 Å². The zero-order valence-corrected chi connectivity index (χ0v) is 13.6. The molecule has 2 N–H and O–H groups in total. The average Bonchev–Trinajstić information content (AvgIpc) is 3.08. The Bertz CT molecular complexity index is 803. The van der Waals surface area contributed by atoms with Gasteiger partial charge in [0.1, 0.15) is 0 Å². The molecule has 5 heteroatoms. The van der Waals surface area contributed by atoms with E-state index in [0.717, 1.165) is 24.1 Å². The highest BCUT2D eigenvalue weighted by Gasteiger charge is 2.10. The maximum Gasteiger partial charge on any atom is 0.226 e. The minimum atomic E-state index is 0.0154. The normalized spacial score (nSPS) is 11.0. The van der Waals surface area contributed by atoms with Crippen LogP contribution in [0.2, 0.25) is 0 Å². The van der Waals surface area contributed by atoms with Crippen LogP contribution in [0.5, 0.6) is 0 Å². The van der Waals surface area contributed by atoms with Crippen molar-refractivity contribution < 1.29 is 4.79 Å².